The van der Waals surface area contributed by atoms with Gasteiger partial charge in [0.2, 0.25) is 0 Å². The molecule has 0 aromatic heterocycles. The summed E-state index contributed by atoms with van der Waals surface area (Å²) < 4.78 is 18.2. The van der Waals surface area contributed by atoms with Gasteiger partial charge in [0.1, 0.15) is 5.82 Å². The van der Waals surface area contributed by atoms with Gasteiger partial charge >= 0.3 is 12.0 Å². The lowest BCUT2D eigenvalue weighted by Crippen LogP contribution is -2.48. The number of benzene rings is 1. The van der Waals surface area contributed by atoms with Crippen LogP contribution in [0.2, 0.25) is 0 Å². The molecule has 1 aromatic rings. The molecule has 0 unspecified atom stereocenters. The van der Waals surface area contributed by atoms with Crippen molar-refractivity contribution in [3.8, 4) is 0 Å². The number of imide groups is 1. The maximum atomic E-state index is 13.4. The Labute approximate surface area is 146 Å². The van der Waals surface area contributed by atoms with Crippen molar-refractivity contribution in [3.63, 3.8) is 0 Å². The van der Waals surface area contributed by atoms with Crippen LogP contribution >= 0.6 is 0 Å². The zero-order valence-corrected chi connectivity index (χ0v) is 14.4. The first-order valence-electron chi connectivity index (χ1n) is 8.40. The normalized spacial score (nSPS) is 19.8. The Bertz CT molecular complexity index is 662. The zero-order valence-electron chi connectivity index (χ0n) is 14.4. The van der Waals surface area contributed by atoms with Crippen LogP contribution in [0.5, 0.6) is 0 Å². The Balaban J connectivity index is 1.76. The van der Waals surface area contributed by atoms with Crippen LogP contribution < -0.4 is 10.6 Å². The van der Waals surface area contributed by atoms with Crippen molar-refractivity contribution < 1.29 is 23.5 Å². The van der Waals surface area contributed by atoms with E-state index in [4.69, 9.17) is 4.74 Å². The summed E-state index contributed by atoms with van der Waals surface area (Å²) in [4.78, 5) is 35.3. The molecule has 0 radical (unpaired) electrons. The molecule has 1 fully saturated rings. The fourth-order valence-electron chi connectivity index (χ4n) is 2.83. The van der Waals surface area contributed by atoms with E-state index in [1.807, 2.05) is 0 Å². The van der Waals surface area contributed by atoms with E-state index >= 15 is 0 Å². The highest BCUT2D eigenvalue weighted by Gasteiger charge is 2.23. The van der Waals surface area contributed by atoms with Gasteiger partial charge in [-0.3, -0.25) is 10.1 Å². The molecule has 2 atom stereocenters. The molecule has 25 heavy (non-hydrogen) atoms. The molecule has 2 rings (SSSR count). The predicted molar refractivity (Wildman–Crippen MR) is 89.5 cm³/mol. The van der Waals surface area contributed by atoms with Gasteiger partial charge < -0.3 is 10.1 Å². The number of esters is 1. The van der Waals surface area contributed by atoms with E-state index in [9.17, 15) is 18.8 Å². The number of aryl methyl sites for hydroxylation is 1. The standard InChI is InChI=1S/C18H23FN2O4/c1-11-7-8-13(9-14(11)19)17(23)25-10-16(22)21-18(24)20-15-6-4-3-5-12(15)2/h7-9,12,15H,3-6,10H2,1-2H3,(H2,20,21,22,24)/t12-,15-/m0/s1. The zero-order chi connectivity index (χ0) is 18.4. The summed E-state index contributed by atoms with van der Waals surface area (Å²) in [6.45, 7) is 3.03. The second-order valence-electron chi connectivity index (χ2n) is 6.43. The fraction of sp³-hybridized carbons (Fsp3) is 0.500. The molecule has 0 saturated heterocycles. The number of hydrogen-bond donors (Lipinski definition) is 2. The molecule has 1 saturated carbocycles. The lowest BCUT2D eigenvalue weighted by Gasteiger charge is -2.29. The van der Waals surface area contributed by atoms with Crippen molar-refractivity contribution in [2.24, 2.45) is 5.92 Å². The maximum absolute atomic E-state index is 13.4. The quantitative estimate of drug-likeness (QED) is 0.818. The van der Waals surface area contributed by atoms with Crippen molar-refractivity contribution in [2.75, 3.05) is 6.61 Å². The summed E-state index contributed by atoms with van der Waals surface area (Å²) in [6.07, 6.45) is 4.13. The van der Waals surface area contributed by atoms with Crippen LogP contribution in [-0.4, -0.2) is 30.6 Å². The van der Waals surface area contributed by atoms with E-state index in [0.29, 0.717) is 11.5 Å². The monoisotopic (exact) mass is 350 g/mol. The molecule has 0 bridgehead atoms. The van der Waals surface area contributed by atoms with Crippen LogP contribution in [0.15, 0.2) is 18.2 Å². The Morgan fingerprint density at radius 1 is 1.24 bits per heavy atom. The van der Waals surface area contributed by atoms with Gasteiger partial charge in [0.05, 0.1) is 5.56 Å². The van der Waals surface area contributed by atoms with E-state index in [0.717, 1.165) is 31.7 Å². The third kappa shape index (κ3) is 5.55. The van der Waals surface area contributed by atoms with E-state index in [1.54, 1.807) is 6.92 Å². The number of hydrogen-bond acceptors (Lipinski definition) is 4. The van der Waals surface area contributed by atoms with E-state index in [1.165, 1.54) is 12.1 Å². The molecular formula is C18H23FN2O4. The molecular weight excluding hydrogens is 327 g/mol. The Kier molecular flexibility index (Phi) is 6.50. The maximum Gasteiger partial charge on any atom is 0.338 e. The number of carbonyl (C=O) groups is 3. The van der Waals surface area contributed by atoms with Gasteiger partial charge in [0, 0.05) is 6.04 Å². The molecule has 0 aliphatic heterocycles. The minimum absolute atomic E-state index is 0.0105. The molecule has 6 nitrogen and oxygen atoms in total. The van der Waals surface area contributed by atoms with Crippen LogP contribution in [0.3, 0.4) is 0 Å². The predicted octanol–water partition coefficient (Wildman–Crippen LogP) is 2.70. The van der Waals surface area contributed by atoms with Crippen LogP contribution in [0, 0.1) is 18.7 Å². The van der Waals surface area contributed by atoms with Crippen molar-refractivity contribution in [1.82, 2.24) is 10.6 Å². The molecule has 0 spiro atoms. The average molecular weight is 350 g/mol. The minimum atomic E-state index is -0.824. The number of nitrogens with one attached hydrogen (secondary N) is 2. The molecule has 2 N–H and O–H groups in total. The molecule has 1 aliphatic carbocycles. The minimum Gasteiger partial charge on any atom is -0.452 e. The first-order valence-corrected chi connectivity index (χ1v) is 8.40. The van der Waals surface area contributed by atoms with Gasteiger partial charge in [-0.25, -0.2) is 14.0 Å². The highest BCUT2D eigenvalue weighted by Crippen LogP contribution is 2.23. The molecule has 7 heteroatoms. The second-order valence-corrected chi connectivity index (χ2v) is 6.43. The van der Waals surface area contributed by atoms with Crippen molar-refractivity contribution >= 4 is 17.9 Å². The first kappa shape index (κ1) is 18.9. The number of halogens is 1. The van der Waals surface area contributed by atoms with Crippen LogP contribution in [0.4, 0.5) is 9.18 Å². The molecule has 1 aromatic carbocycles. The highest BCUT2D eigenvalue weighted by molar-refractivity contribution is 5.97. The third-order valence-electron chi connectivity index (χ3n) is 4.42. The number of rotatable bonds is 4. The van der Waals surface area contributed by atoms with Crippen LogP contribution in [0.25, 0.3) is 0 Å². The van der Waals surface area contributed by atoms with Crippen molar-refractivity contribution in [3.05, 3.63) is 35.1 Å². The Hall–Kier alpha value is -2.44. The van der Waals surface area contributed by atoms with Gasteiger partial charge in [-0.1, -0.05) is 25.8 Å². The van der Waals surface area contributed by atoms with E-state index in [-0.39, 0.29) is 11.6 Å². The van der Waals surface area contributed by atoms with Crippen molar-refractivity contribution in [2.45, 2.75) is 45.6 Å². The summed E-state index contributed by atoms with van der Waals surface area (Å²) in [5.41, 5.74) is 0.416. The third-order valence-corrected chi connectivity index (χ3v) is 4.42. The summed E-state index contributed by atoms with van der Waals surface area (Å²) in [5.74, 6) is -1.72. The number of ether oxygens (including phenoxy) is 1. The summed E-state index contributed by atoms with van der Waals surface area (Å²) in [7, 11) is 0. The fourth-order valence-corrected chi connectivity index (χ4v) is 2.83. The summed E-state index contributed by atoms with van der Waals surface area (Å²) in [6, 6.07) is 3.36. The SMILES string of the molecule is Cc1ccc(C(=O)OCC(=O)NC(=O)N[C@H]2CCCC[C@@H]2C)cc1F. The molecule has 0 heterocycles. The van der Waals surface area contributed by atoms with E-state index in [2.05, 4.69) is 17.6 Å². The van der Waals surface area contributed by atoms with Crippen molar-refractivity contribution in [1.29, 1.82) is 0 Å². The van der Waals surface area contributed by atoms with Gasteiger partial charge in [-0.05, 0) is 43.4 Å². The highest BCUT2D eigenvalue weighted by atomic mass is 19.1. The van der Waals surface area contributed by atoms with E-state index < -0.39 is 30.3 Å². The summed E-state index contributed by atoms with van der Waals surface area (Å²) >= 11 is 0. The molecule has 1 aliphatic rings. The lowest BCUT2D eigenvalue weighted by atomic mass is 9.86. The second kappa shape index (κ2) is 8.60. The van der Waals surface area contributed by atoms with Gasteiger partial charge in [-0.2, -0.15) is 0 Å². The topological polar surface area (TPSA) is 84.5 Å². The van der Waals surface area contributed by atoms with Crippen LogP contribution in [-0.2, 0) is 9.53 Å². The molecule has 3 amide bonds. The lowest BCUT2D eigenvalue weighted by molar-refractivity contribution is -0.123. The number of urea groups is 1. The summed E-state index contributed by atoms with van der Waals surface area (Å²) in [5, 5.41) is 4.91. The largest absolute Gasteiger partial charge is 0.452 e. The number of carbonyl (C=O) groups excluding carboxylic acids is 3. The average Bonchev–Trinajstić information content (AvgIpc) is 2.57. The Morgan fingerprint density at radius 2 is 1.96 bits per heavy atom. The smallest absolute Gasteiger partial charge is 0.338 e. The van der Waals surface area contributed by atoms with Gasteiger partial charge in [0.25, 0.3) is 5.91 Å². The number of amides is 3. The van der Waals surface area contributed by atoms with Crippen LogP contribution in [0.1, 0.15) is 48.5 Å². The van der Waals surface area contributed by atoms with Gasteiger partial charge in [-0.15, -0.1) is 0 Å². The molecule has 136 valence electrons. The van der Waals surface area contributed by atoms with Gasteiger partial charge in [0.15, 0.2) is 6.61 Å². The Morgan fingerprint density at radius 3 is 2.64 bits per heavy atom. The first-order chi connectivity index (χ1) is 11.9.